The summed E-state index contributed by atoms with van der Waals surface area (Å²) in [6.45, 7) is 25.6. The van der Waals surface area contributed by atoms with E-state index in [-0.39, 0.29) is 62.0 Å². The van der Waals surface area contributed by atoms with Gasteiger partial charge in [0.2, 0.25) is 0 Å². The molecule has 0 unspecified atom stereocenters. The summed E-state index contributed by atoms with van der Waals surface area (Å²) in [4.78, 5) is 9.95. The summed E-state index contributed by atoms with van der Waals surface area (Å²) in [5.41, 5.74) is 4.62. The molecule has 1 radical (unpaired) electrons. The molecule has 2 aromatic rings. The topological polar surface area (TPSA) is 70.8 Å². The molecule has 2 aromatic carbocycles. The monoisotopic (exact) mass is 603 g/mol. The summed E-state index contributed by atoms with van der Waals surface area (Å²) >= 11 is 0. The molecule has 0 spiro atoms. The van der Waals surface area contributed by atoms with Gasteiger partial charge in [-0.25, -0.2) is 0 Å². The van der Waals surface area contributed by atoms with Crippen molar-refractivity contribution in [3.8, 4) is 11.5 Å². The average Bonchev–Trinajstić information content (AvgIpc) is 2.80. The number of nitrogens with zero attached hydrogens (tertiary/aromatic N) is 2. The smallest absolute Gasteiger partial charge is 0.0723 e. The van der Waals surface area contributed by atoms with Crippen LogP contribution in [0.15, 0.2) is 34.3 Å². The van der Waals surface area contributed by atoms with Crippen molar-refractivity contribution in [3.05, 3.63) is 57.6 Å². The van der Waals surface area contributed by atoms with E-state index in [0.717, 1.165) is 47.9 Å². The van der Waals surface area contributed by atoms with Crippen molar-refractivity contribution in [1.29, 1.82) is 0 Å². The molecule has 1 fully saturated rings. The molecule has 2 atom stereocenters. The Morgan fingerprint density at radius 3 is 1.15 bits per heavy atom. The second-order valence-corrected chi connectivity index (χ2v) is 15.9. The van der Waals surface area contributed by atoms with Crippen molar-refractivity contribution < 1.29 is 27.0 Å². The molecule has 1 saturated carbocycles. The van der Waals surface area contributed by atoms with Crippen LogP contribution in [0.4, 0.5) is 0 Å². The molecule has 5 heteroatoms. The third-order valence-corrected chi connectivity index (χ3v) is 8.09. The van der Waals surface area contributed by atoms with E-state index >= 15 is 0 Å². The SMILES string of the molecule is CC(C)(C)c1cc(C=N[C@@H]2CCCC[C@H]2N=Cc2cc(C(C)(C)C)cc(C(C)(C)C)c2[O-])c([O-])c(C(C)(C)C)c1.[Co]. The molecule has 0 heterocycles. The van der Waals surface area contributed by atoms with E-state index in [1.165, 1.54) is 0 Å². The van der Waals surface area contributed by atoms with E-state index in [9.17, 15) is 10.2 Å². The van der Waals surface area contributed by atoms with E-state index in [4.69, 9.17) is 9.98 Å². The molecule has 0 saturated heterocycles. The first-order valence-electron chi connectivity index (χ1n) is 15.0. The van der Waals surface area contributed by atoms with E-state index in [1.54, 1.807) is 12.4 Å². The zero-order valence-electron chi connectivity index (χ0n) is 27.5. The predicted octanol–water partition coefficient (Wildman–Crippen LogP) is 7.87. The van der Waals surface area contributed by atoms with Crippen molar-refractivity contribution in [2.45, 2.75) is 143 Å². The van der Waals surface area contributed by atoms with Gasteiger partial charge in [0.1, 0.15) is 0 Å². The van der Waals surface area contributed by atoms with Gasteiger partial charge in [0.15, 0.2) is 0 Å². The van der Waals surface area contributed by atoms with Gasteiger partial charge in [-0.05, 0) is 67.9 Å². The summed E-state index contributed by atoms with van der Waals surface area (Å²) < 4.78 is 0. The maximum atomic E-state index is 13.5. The molecule has 41 heavy (non-hydrogen) atoms. The number of hydrogen-bond donors (Lipinski definition) is 0. The Kier molecular flexibility index (Phi) is 10.8. The minimum absolute atomic E-state index is 0. The largest absolute Gasteiger partial charge is 0.872 e. The second-order valence-electron chi connectivity index (χ2n) is 15.9. The molecule has 0 aromatic heterocycles. The fraction of sp³-hybridized carbons (Fsp3) is 0.611. The van der Waals surface area contributed by atoms with Crippen molar-refractivity contribution in [1.82, 2.24) is 0 Å². The summed E-state index contributed by atoms with van der Waals surface area (Å²) in [7, 11) is 0. The zero-order valence-corrected chi connectivity index (χ0v) is 28.5. The maximum absolute atomic E-state index is 13.5. The minimum Gasteiger partial charge on any atom is -0.872 e. The van der Waals surface area contributed by atoms with Gasteiger partial charge in [0, 0.05) is 29.2 Å². The summed E-state index contributed by atoms with van der Waals surface area (Å²) in [5.74, 6) is 0.120. The Hall–Kier alpha value is -2.11. The van der Waals surface area contributed by atoms with Gasteiger partial charge in [0.25, 0.3) is 0 Å². The number of hydrogen-bond acceptors (Lipinski definition) is 4. The Balaban J connectivity index is 0.00000588. The fourth-order valence-corrected chi connectivity index (χ4v) is 5.27. The molecule has 0 amide bonds. The van der Waals surface area contributed by atoms with Gasteiger partial charge >= 0.3 is 0 Å². The molecule has 229 valence electrons. The van der Waals surface area contributed by atoms with Crippen LogP contribution < -0.4 is 10.2 Å². The third-order valence-electron chi connectivity index (χ3n) is 8.09. The van der Waals surface area contributed by atoms with Crippen LogP contribution in [0.3, 0.4) is 0 Å². The third kappa shape index (κ3) is 8.70. The summed E-state index contributed by atoms with van der Waals surface area (Å²) in [5, 5.41) is 26.9. The molecule has 0 N–H and O–H groups in total. The van der Waals surface area contributed by atoms with Crippen molar-refractivity contribution in [3.63, 3.8) is 0 Å². The molecule has 0 aliphatic heterocycles. The van der Waals surface area contributed by atoms with E-state index in [1.807, 2.05) is 12.1 Å². The summed E-state index contributed by atoms with van der Waals surface area (Å²) in [6.07, 6.45) is 7.63. The normalized spacial score (nSPS) is 19.1. The van der Waals surface area contributed by atoms with Gasteiger partial charge in [0.05, 0.1) is 12.1 Å². The van der Waals surface area contributed by atoms with Crippen molar-refractivity contribution >= 4 is 12.4 Å². The Bertz CT molecular complexity index is 1170. The predicted molar refractivity (Wildman–Crippen MR) is 168 cm³/mol. The Morgan fingerprint density at radius 2 is 0.878 bits per heavy atom. The first-order valence-corrected chi connectivity index (χ1v) is 15.0. The molecule has 0 bridgehead atoms. The van der Waals surface area contributed by atoms with Gasteiger partial charge in [-0.1, -0.05) is 132 Å². The standard InChI is InChI=1S/C36H54N2O2.Co/c1-33(2,3)25-17-23(31(39)27(19-25)35(7,8)9)21-37-29-15-13-14-16-30(29)38-22-24-18-26(34(4,5)6)20-28(32(24)40)36(10,11)12;/h17-22,29-30,39-40H,13-16H2,1-12H3;/p-2/t29-,30-;/m1./s1. The first kappa shape index (κ1) is 35.1. The first-order chi connectivity index (χ1) is 18.2. The minimum atomic E-state index is -0.248. The van der Waals surface area contributed by atoms with Crippen molar-refractivity contribution in [2.24, 2.45) is 9.98 Å². The quantitative estimate of drug-likeness (QED) is 0.334. The Morgan fingerprint density at radius 1 is 0.561 bits per heavy atom. The fourth-order valence-electron chi connectivity index (χ4n) is 5.27. The van der Waals surface area contributed by atoms with Crippen LogP contribution in [0, 0.1) is 0 Å². The Labute approximate surface area is 260 Å². The number of rotatable bonds is 4. The van der Waals surface area contributed by atoms with Gasteiger partial charge in [-0.15, -0.1) is 0 Å². The van der Waals surface area contributed by atoms with Crippen LogP contribution in [0.1, 0.15) is 142 Å². The molecular formula is C36H52CoN2O2-2. The molecule has 1 aliphatic carbocycles. The zero-order chi connectivity index (χ0) is 30.3. The number of benzene rings is 2. The van der Waals surface area contributed by atoms with Gasteiger partial charge < -0.3 is 10.2 Å². The van der Waals surface area contributed by atoms with Crippen LogP contribution in [0.5, 0.6) is 11.5 Å². The van der Waals surface area contributed by atoms with E-state index in [0.29, 0.717) is 11.1 Å². The molecular weight excluding hydrogens is 551 g/mol. The molecule has 3 rings (SSSR count). The van der Waals surface area contributed by atoms with E-state index in [2.05, 4.69) is 95.2 Å². The summed E-state index contributed by atoms with van der Waals surface area (Å²) in [6, 6.07) is 8.15. The van der Waals surface area contributed by atoms with E-state index < -0.39 is 0 Å². The van der Waals surface area contributed by atoms with Gasteiger partial charge in [-0.3, -0.25) is 9.98 Å². The van der Waals surface area contributed by atoms with Crippen molar-refractivity contribution in [2.75, 3.05) is 0 Å². The van der Waals surface area contributed by atoms with Crippen LogP contribution in [0.2, 0.25) is 0 Å². The number of aliphatic imine (C=N–C) groups is 2. The van der Waals surface area contributed by atoms with Crippen LogP contribution in [-0.2, 0) is 38.4 Å². The average molecular weight is 604 g/mol. The molecule has 4 nitrogen and oxygen atoms in total. The van der Waals surface area contributed by atoms with Crippen LogP contribution in [0.25, 0.3) is 0 Å². The maximum Gasteiger partial charge on any atom is 0.0723 e. The second kappa shape index (κ2) is 12.6. The van der Waals surface area contributed by atoms with Crippen LogP contribution in [-0.4, -0.2) is 24.5 Å². The van der Waals surface area contributed by atoms with Crippen LogP contribution >= 0.6 is 0 Å². The van der Waals surface area contributed by atoms with Gasteiger partial charge in [-0.2, -0.15) is 0 Å². The molecule has 1 aliphatic rings.